The number of hydrogen-bond donors (Lipinski definition) is 1. The van der Waals surface area contributed by atoms with Crippen molar-refractivity contribution in [3.05, 3.63) is 53.0 Å². The van der Waals surface area contributed by atoms with Gasteiger partial charge in [0.25, 0.3) is 12.4 Å². The summed E-state index contributed by atoms with van der Waals surface area (Å²) in [5.41, 5.74) is 2.34. The fourth-order valence-electron chi connectivity index (χ4n) is 3.76. The minimum absolute atomic E-state index is 0.0316. The first-order valence-electron chi connectivity index (χ1n) is 9.46. The zero-order valence-electron chi connectivity index (χ0n) is 16.4. The predicted octanol–water partition coefficient (Wildman–Crippen LogP) is 2.39. The van der Waals surface area contributed by atoms with Gasteiger partial charge in [0.05, 0.1) is 12.4 Å². The van der Waals surface area contributed by atoms with Crippen molar-refractivity contribution >= 4 is 11.8 Å². The van der Waals surface area contributed by atoms with Crippen molar-refractivity contribution in [1.82, 2.24) is 9.97 Å². The zero-order chi connectivity index (χ0) is 23.0. The number of alkyl halides is 2. The van der Waals surface area contributed by atoms with Crippen molar-refractivity contribution in [3.63, 3.8) is 0 Å². The lowest BCUT2D eigenvalue weighted by molar-refractivity contribution is 0.0172. The molecule has 0 spiro atoms. The van der Waals surface area contributed by atoms with Gasteiger partial charge in [-0.15, -0.1) is 6.42 Å². The Hall–Kier alpha value is -3.68. The molecular weight excluding hydrogens is 432 g/mol. The molecule has 1 saturated carbocycles. The van der Waals surface area contributed by atoms with Crippen LogP contribution in [-0.4, -0.2) is 40.9 Å². The summed E-state index contributed by atoms with van der Waals surface area (Å²) in [6.07, 6.45) is 3.28. The summed E-state index contributed by atoms with van der Waals surface area (Å²) in [4.78, 5) is 24.0. The highest BCUT2D eigenvalue weighted by molar-refractivity contribution is 5.95. The molecule has 4 rings (SSSR count). The van der Waals surface area contributed by atoms with E-state index in [2.05, 4.69) is 20.9 Å². The number of aromatic nitrogens is 2. The monoisotopic (exact) mass is 448 g/mol. The Morgan fingerprint density at radius 3 is 2.78 bits per heavy atom. The average Bonchev–Trinajstić information content (AvgIpc) is 3.54. The van der Waals surface area contributed by atoms with E-state index in [1.807, 2.05) is 0 Å². The number of aliphatic imine (C=N–C) groups is 1. The quantitative estimate of drug-likeness (QED) is 0.397. The van der Waals surface area contributed by atoms with Gasteiger partial charge in [0, 0.05) is 17.9 Å². The highest BCUT2D eigenvalue weighted by Gasteiger charge is 2.64. The topological polar surface area (TPSA) is 99.7 Å². The summed E-state index contributed by atoms with van der Waals surface area (Å²) in [6.45, 7) is -0.0363. The molecule has 3 atom stereocenters. The zero-order valence-corrected chi connectivity index (χ0v) is 16.4. The third-order valence-corrected chi connectivity index (χ3v) is 5.30. The number of rotatable bonds is 7. The lowest BCUT2D eigenvalue weighted by Gasteiger charge is -2.33. The molecule has 166 valence electrons. The number of benzene rings is 1. The van der Waals surface area contributed by atoms with Crippen LogP contribution in [0.15, 0.2) is 29.5 Å². The molecular formula is C21H16F4N4O3. The standard InChI is InChI=1S/C21H16F4N4O3/c1-2-3-31-17-9-27-14(8-28-17)15(30)6-10-4-12(18(23)13(22)5-10)21(19(24)25)11-7-16(11)32-20(26)29-21/h1,4-5,8-9,11,16,19H,3,6-7H2,(H2,26,29)/t11-,16+,21-/m0/s1. The molecule has 2 aromatic rings. The number of ketones is 1. The van der Waals surface area contributed by atoms with Crippen molar-refractivity contribution in [3.8, 4) is 18.2 Å². The van der Waals surface area contributed by atoms with Crippen molar-refractivity contribution in [1.29, 1.82) is 0 Å². The van der Waals surface area contributed by atoms with E-state index < -0.39 is 59.4 Å². The van der Waals surface area contributed by atoms with Gasteiger partial charge in [0.1, 0.15) is 11.8 Å². The number of Topliss-reactive ketones (excluding diaryl/α,β-unsaturated/α-hetero) is 1. The number of carbonyl (C=O) groups is 1. The number of nitrogens with two attached hydrogens (primary N) is 1. The van der Waals surface area contributed by atoms with Crippen molar-refractivity contribution in [2.45, 2.75) is 30.9 Å². The van der Waals surface area contributed by atoms with Crippen LogP contribution in [-0.2, 0) is 16.7 Å². The molecule has 0 radical (unpaired) electrons. The second-order valence-electron chi connectivity index (χ2n) is 7.35. The summed E-state index contributed by atoms with van der Waals surface area (Å²) >= 11 is 0. The third kappa shape index (κ3) is 3.72. The second-order valence-corrected chi connectivity index (χ2v) is 7.35. The van der Waals surface area contributed by atoms with Crippen LogP contribution in [0.4, 0.5) is 17.6 Å². The molecule has 1 aliphatic carbocycles. The van der Waals surface area contributed by atoms with E-state index in [-0.39, 0.29) is 30.2 Å². The molecule has 1 aromatic carbocycles. The maximum Gasteiger partial charge on any atom is 0.283 e. The largest absolute Gasteiger partial charge is 0.463 e. The van der Waals surface area contributed by atoms with E-state index in [0.29, 0.717) is 0 Å². The number of terminal acetylenes is 1. The van der Waals surface area contributed by atoms with Gasteiger partial charge < -0.3 is 15.2 Å². The van der Waals surface area contributed by atoms with Crippen LogP contribution >= 0.6 is 0 Å². The van der Waals surface area contributed by atoms with Crippen LogP contribution in [0, 0.1) is 29.9 Å². The Morgan fingerprint density at radius 2 is 2.12 bits per heavy atom. The Labute approximate surface area is 179 Å². The van der Waals surface area contributed by atoms with Gasteiger partial charge in [-0.3, -0.25) is 4.79 Å². The molecule has 1 aromatic heterocycles. The van der Waals surface area contributed by atoms with E-state index in [4.69, 9.17) is 21.6 Å². The number of fused-ring (bicyclic) bond motifs is 1. The van der Waals surface area contributed by atoms with Gasteiger partial charge in [0.2, 0.25) is 5.88 Å². The number of halogens is 4. The maximum atomic E-state index is 14.7. The predicted molar refractivity (Wildman–Crippen MR) is 103 cm³/mol. The van der Waals surface area contributed by atoms with Crippen LogP contribution < -0.4 is 10.5 Å². The molecule has 32 heavy (non-hydrogen) atoms. The molecule has 0 amide bonds. The molecule has 0 saturated heterocycles. The molecule has 2 heterocycles. The number of amidine groups is 1. The molecule has 1 fully saturated rings. The fourth-order valence-corrected chi connectivity index (χ4v) is 3.76. The first kappa shape index (κ1) is 21.5. The SMILES string of the molecule is C#CCOc1cnc(C(=O)Cc2cc(F)c(F)c([C@@]3(C(F)F)N=C(N)O[C@@H]4C[C@@H]43)c2)cn1. The van der Waals surface area contributed by atoms with Gasteiger partial charge in [-0.1, -0.05) is 5.92 Å². The Bertz CT molecular complexity index is 1130. The van der Waals surface area contributed by atoms with E-state index >= 15 is 0 Å². The first-order chi connectivity index (χ1) is 15.3. The molecule has 2 aliphatic rings. The molecule has 0 bridgehead atoms. The highest BCUT2D eigenvalue weighted by atomic mass is 19.3. The van der Waals surface area contributed by atoms with E-state index in [1.54, 1.807) is 0 Å². The van der Waals surface area contributed by atoms with Gasteiger partial charge in [-0.2, -0.15) is 0 Å². The van der Waals surface area contributed by atoms with Crippen molar-refractivity contribution < 1.29 is 31.8 Å². The van der Waals surface area contributed by atoms with Crippen LogP contribution in [0.2, 0.25) is 0 Å². The number of carbonyl (C=O) groups excluding carboxylic acids is 1. The van der Waals surface area contributed by atoms with Crippen molar-refractivity contribution in [2.75, 3.05) is 6.61 Å². The molecule has 7 nitrogen and oxygen atoms in total. The van der Waals surface area contributed by atoms with Crippen LogP contribution in [0.3, 0.4) is 0 Å². The van der Waals surface area contributed by atoms with Gasteiger partial charge in [-0.05, 0) is 24.1 Å². The average molecular weight is 448 g/mol. The van der Waals surface area contributed by atoms with Crippen LogP contribution in [0.1, 0.15) is 28.0 Å². The Balaban J connectivity index is 1.65. The number of hydrogen-bond acceptors (Lipinski definition) is 7. The molecule has 11 heteroatoms. The number of ether oxygens (including phenoxy) is 2. The third-order valence-electron chi connectivity index (χ3n) is 5.30. The van der Waals surface area contributed by atoms with Crippen LogP contribution in [0.25, 0.3) is 0 Å². The number of nitrogens with zero attached hydrogens (tertiary/aromatic N) is 3. The van der Waals surface area contributed by atoms with E-state index in [1.165, 1.54) is 6.20 Å². The summed E-state index contributed by atoms with van der Waals surface area (Å²) in [5, 5.41) is 0. The lowest BCUT2D eigenvalue weighted by Crippen LogP contribution is -2.43. The summed E-state index contributed by atoms with van der Waals surface area (Å²) in [6, 6.07) is 1.26. The molecule has 2 N–H and O–H groups in total. The minimum Gasteiger partial charge on any atom is -0.463 e. The summed E-state index contributed by atoms with van der Waals surface area (Å²) < 4.78 is 67.7. The normalized spacial score (nSPS) is 23.6. The molecule has 1 aliphatic heterocycles. The molecule has 0 unspecified atom stereocenters. The fraction of sp³-hybridized carbons (Fsp3) is 0.333. The van der Waals surface area contributed by atoms with Gasteiger partial charge in [-0.25, -0.2) is 32.5 Å². The second kappa shape index (κ2) is 8.11. The summed E-state index contributed by atoms with van der Waals surface area (Å²) in [7, 11) is 0. The lowest BCUT2D eigenvalue weighted by atomic mass is 9.83. The van der Waals surface area contributed by atoms with Gasteiger partial charge in [0.15, 0.2) is 29.6 Å². The first-order valence-corrected chi connectivity index (χ1v) is 9.46. The van der Waals surface area contributed by atoms with Crippen LogP contribution in [0.5, 0.6) is 5.88 Å². The van der Waals surface area contributed by atoms with Gasteiger partial charge >= 0.3 is 0 Å². The Morgan fingerprint density at radius 1 is 1.34 bits per heavy atom. The maximum absolute atomic E-state index is 14.7. The Kier molecular flexibility index (Phi) is 5.46. The highest BCUT2D eigenvalue weighted by Crippen LogP contribution is 2.56. The summed E-state index contributed by atoms with van der Waals surface area (Å²) in [5.74, 6) is -1.97. The van der Waals surface area contributed by atoms with Crippen molar-refractivity contribution in [2.24, 2.45) is 16.6 Å². The van der Waals surface area contributed by atoms with E-state index in [9.17, 15) is 22.4 Å². The van der Waals surface area contributed by atoms with E-state index in [0.717, 1.165) is 18.3 Å². The minimum atomic E-state index is -3.18. The smallest absolute Gasteiger partial charge is 0.283 e.